The average Bonchev–Trinajstić information content (AvgIpc) is 2.40. The molecule has 0 atom stereocenters. The van der Waals surface area contributed by atoms with Crippen molar-refractivity contribution in [3.05, 3.63) is 71.8 Å². The highest BCUT2D eigenvalue weighted by molar-refractivity contribution is 5.20. The van der Waals surface area contributed by atoms with Crippen molar-refractivity contribution < 1.29 is 25.2 Å². The SMILES string of the molecule is OC(O)(OC(O)(O)c1ccccc1)c1ccccc1. The molecule has 19 heavy (non-hydrogen) atoms. The lowest BCUT2D eigenvalue weighted by molar-refractivity contribution is -0.488. The van der Waals surface area contributed by atoms with E-state index < -0.39 is 11.9 Å². The first kappa shape index (κ1) is 13.7. The zero-order valence-electron chi connectivity index (χ0n) is 9.97. The van der Waals surface area contributed by atoms with E-state index in [1.807, 2.05) is 0 Å². The predicted molar refractivity (Wildman–Crippen MR) is 66.2 cm³/mol. The van der Waals surface area contributed by atoms with Crippen molar-refractivity contribution >= 4 is 0 Å². The van der Waals surface area contributed by atoms with Crippen molar-refractivity contribution in [2.24, 2.45) is 0 Å². The highest BCUT2D eigenvalue weighted by Crippen LogP contribution is 2.29. The maximum atomic E-state index is 9.80. The van der Waals surface area contributed by atoms with Crippen LogP contribution in [0.1, 0.15) is 11.1 Å². The van der Waals surface area contributed by atoms with Crippen LogP contribution in [0.25, 0.3) is 0 Å². The van der Waals surface area contributed by atoms with Gasteiger partial charge in [0.2, 0.25) is 0 Å². The molecule has 0 aliphatic rings. The normalized spacial score (nSPS) is 12.4. The second-order valence-corrected chi connectivity index (χ2v) is 4.05. The van der Waals surface area contributed by atoms with Gasteiger partial charge in [0.1, 0.15) is 0 Å². The molecule has 4 N–H and O–H groups in total. The summed E-state index contributed by atoms with van der Waals surface area (Å²) < 4.78 is 4.62. The zero-order valence-corrected chi connectivity index (χ0v) is 9.97. The van der Waals surface area contributed by atoms with Gasteiger partial charge in [0, 0.05) is 11.1 Å². The maximum absolute atomic E-state index is 9.80. The molecule has 0 spiro atoms. The lowest BCUT2D eigenvalue weighted by Gasteiger charge is -2.30. The summed E-state index contributed by atoms with van der Waals surface area (Å²) in [6.45, 7) is 0. The van der Waals surface area contributed by atoms with Gasteiger partial charge < -0.3 is 20.4 Å². The number of hydrogen-bond acceptors (Lipinski definition) is 5. The van der Waals surface area contributed by atoms with Crippen molar-refractivity contribution in [3.63, 3.8) is 0 Å². The van der Waals surface area contributed by atoms with E-state index in [0.29, 0.717) is 0 Å². The second kappa shape index (κ2) is 5.08. The quantitative estimate of drug-likeness (QED) is 0.606. The Kier molecular flexibility index (Phi) is 3.66. The third-order valence-electron chi connectivity index (χ3n) is 2.58. The Morgan fingerprint density at radius 1 is 0.579 bits per heavy atom. The smallest absolute Gasteiger partial charge is 0.311 e. The van der Waals surface area contributed by atoms with E-state index in [1.165, 1.54) is 24.3 Å². The summed E-state index contributed by atoms with van der Waals surface area (Å²) in [4.78, 5) is 0. The minimum absolute atomic E-state index is 0.0154. The fourth-order valence-electron chi connectivity index (χ4n) is 1.63. The lowest BCUT2D eigenvalue weighted by Crippen LogP contribution is -2.41. The van der Waals surface area contributed by atoms with Crippen molar-refractivity contribution in [2.75, 3.05) is 0 Å². The molecular formula is C14H14O5. The van der Waals surface area contributed by atoms with Gasteiger partial charge in [-0.1, -0.05) is 60.7 Å². The first-order valence-corrected chi connectivity index (χ1v) is 5.62. The standard InChI is InChI=1S/C14H14O5/c15-13(16,11-7-3-1-4-8-11)19-14(17,18)12-9-5-2-6-10-12/h1-10,15-18H. The number of benzene rings is 2. The van der Waals surface area contributed by atoms with Gasteiger partial charge in [-0.2, -0.15) is 0 Å². The molecule has 5 nitrogen and oxygen atoms in total. The fraction of sp³-hybridized carbons (Fsp3) is 0.143. The molecule has 0 aliphatic heterocycles. The van der Waals surface area contributed by atoms with Gasteiger partial charge in [-0.05, 0) is 0 Å². The minimum Gasteiger partial charge on any atom is -0.339 e. The molecule has 2 aromatic rings. The maximum Gasteiger partial charge on any atom is 0.311 e. The van der Waals surface area contributed by atoms with Crippen LogP contribution in [-0.2, 0) is 16.7 Å². The van der Waals surface area contributed by atoms with E-state index in [2.05, 4.69) is 4.74 Å². The van der Waals surface area contributed by atoms with Crippen LogP contribution >= 0.6 is 0 Å². The largest absolute Gasteiger partial charge is 0.339 e. The van der Waals surface area contributed by atoms with Crippen LogP contribution < -0.4 is 0 Å². The second-order valence-electron chi connectivity index (χ2n) is 4.05. The highest BCUT2D eigenvalue weighted by Gasteiger charge is 2.39. The van der Waals surface area contributed by atoms with Gasteiger partial charge in [-0.15, -0.1) is 0 Å². The number of hydrogen-bond donors (Lipinski definition) is 4. The van der Waals surface area contributed by atoms with Gasteiger partial charge >= 0.3 is 11.9 Å². The lowest BCUT2D eigenvalue weighted by atomic mass is 10.1. The van der Waals surface area contributed by atoms with E-state index in [1.54, 1.807) is 36.4 Å². The predicted octanol–water partition coefficient (Wildman–Crippen LogP) is 0.593. The third kappa shape index (κ3) is 3.17. The van der Waals surface area contributed by atoms with E-state index in [0.717, 1.165) is 0 Å². The van der Waals surface area contributed by atoms with E-state index in [4.69, 9.17) is 0 Å². The van der Waals surface area contributed by atoms with Crippen LogP contribution in [0.3, 0.4) is 0 Å². The summed E-state index contributed by atoms with van der Waals surface area (Å²) in [5, 5.41) is 39.2. The van der Waals surface area contributed by atoms with Crippen LogP contribution in [0.4, 0.5) is 0 Å². The zero-order chi connectivity index (χ0) is 13.9. The van der Waals surface area contributed by atoms with Crippen LogP contribution in [-0.4, -0.2) is 20.4 Å². The van der Waals surface area contributed by atoms with Crippen molar-refractivity contribution in [3.8, 4) is 0 Å². The van der Waals surface area contributed by atoms with Crippen LogP contribution in [0, 0.1) is 0 Å². The molecule has 2 rings (SSSR count). The molecule has 0 unspecified atom stereocenters. The first-order valence-electron chi connectivity index (χ1n) is 5.62. The summed E-state index contributed by atoms with van der Waals surface area (Å²) in [6, 6.07) is 15.2. The summed E-state index contributed by atoms with van der Waals surface area (Å²) in [6.07, 6.45) is 0. The molecule has 0 saturated carbocycles. The molecule has 0 radical (unpaired) electrons. The Morgan fingerprint density at radius 2 is 0.895 bits per heavy atom. The molecule has 0 aromatic heterocycles. The van der Waals surface area contributed by atoms with Gasteiger partial charge in [-0.25, -0.2) is 0 Å². The Labute approximate surface area is 110 Å². The molecule has 5 heteroatoms. The van der Waals surface area contributed by atoms with E-state index in [9.17, 15) is 20.4 Å². The molecule has 0 fully saturated rings. The average molecular weight is 262 g/mol. The van der Waals surface area contributed by atoms with Crippen molar-refractivity contribution in [1.82, 2.24) is 0 Å². The van der Waals surface area contributed by atoms with Crippen molar-refractivity contribution in [1.29, 1.82) is 0 Å². The molecule has 2 aromatic carbocycles. The van der Waals surface area contributed by atoms with Gasteiger partial charge in [0.05, 0.1) is 0 Å². The minimum atomic E-state index is -2.82. The molecule has 0 bridgehead atoms. The summed E-state index contributed by atoms with van der Waals surface area (Å²) in [5.41, 5.74) is -0.0307. The van der Waals surface area contributed by atoms with Gasteiger partial charge in [-0.3, -0.25) is 4.74 Å². The Balaban J connectivity index is 2.25. The van der Waals surface area contributed by atoms with Gasteiger partial charge in [0.15, 0.2) is 0 Å². The number of aliphatic hydroxyl groups is 4. The van der Waals surface area contributed by atoms with Crippen LogP contribution in [0.5, 0.6) is 0 Å². The summed E-state index contributed by atoms with van der Waals surface area (Å²) in [7, 11) is 0. The topological polar surface area (TPSA) is 90.2 Å². The molecule has 0 heterocycles. The van der Waals surface area contributed by atoms with E-state index in [-0.39, 0.29) is 11.1 Å². The fourth-order valence-corrected chi connectivity index (χ4v) is 1.63. The summed E-state index contributed by atoms with van der Waals surface area (Å²) >= 11 is 0. The van der Waals surface area contributed by atoms with Crippen molar-refractivity contribution in [2.45, 2.75) is 11.9 Å². The van der Waals surface area contributed by atoms with Crippen LogP contribution in [0.15, 0.2) is 60.7 Å². The first-order chi connectivity index (χ1) is 8.92. The molecule has 100 valence electrons. The van der Waals surface area contributed by atoms with Crippen LogP contribution in [0.2, 0.25) is 0 Å². The molecular weight excluding hydrogens is 248 g/mol. The summed E-state index contributed by atoms with van der Waals surface area (Å²) in [5.74, 6) is -5.64. The molecule has 0 saturated heterocycles. The number of rotatable bonds is 4. The third-order valence-corrected chi connectivity index (χ3v) is 2.58. The Hall–Kier alpha value is -1.76. The monoisotopic (exact) mass is 262 g/mol. The Bertz CT molecular complexity index is 473. The Morgan fingerprint density at radius 3 is 1.21 bits per heavy atom. The van der Waals surface area contributed by atoms with Gasteiger partial charge in [0.25, 0.3) is 0 Å². The molecule has 0 aliphatic carbocycles. The molecule has 0 amide bonds. The number of ether oxygens (including phenoxy) is 1. The van der Waals surface area contributed by atoms with E-state index >= 15 is 0 Å². The highest BCUT2D eigenvalue weighted by atomic mass is 16.9.